The van der Waals surface area contributed by atoms with E-state index >= 15 is 0 Å². The number of rotatable bonds is 3. The number of ether oxygens (including phenoxy) is 2. The van der Waals surface area contributed by atoms with Crippen LogP contribution in [0.3, 0.4) is 0 Å². The Balaban J connectivity index is 1.67. The van der Waals surface area contributed by atoms with Crippen molar-refractivity contribution in [1.82, 2.24) is 4.98 Å². The summed E-state index contributed by atoms with van der Waals surface area (Å²) < 4.78 is 11.5. The minimum Gasteiger partial charge on any atom is -0.489 e. The van der Waals surface area contributed by atoms with E-state index in [1.807, 2.05) is 30.3 Å². The van der Waals surface area contributed by atoms with Gasteiger partial charge in [0, 0.05) is 5.39 Å². The number of hydrogen-bond acceptors (Lipinski definition) is 3. The smallest absolute Gasteiger partial charge is 0.138 e. The van der Waals surface area contributed by atoms with Gasteiger partial charge in [0.25, 0.3) is 0 Å². The van der Waals surface area contributed by atoms with Crippen LogP contribution in [0.1, 0.15) is 19.8 Å². The van der Waals surface area contributed by atoms with E-state index in [1.54, 1.807) is 6.20 Å². The lowest BCUT2D eigenvalue weighted by atomic mass is 10.2. The molecule has 3 heteroatoms. The van der Waals surface area contributed by atoms with Gasteiger partial charge in [-0.05, 0) is 31.9 Å². The third-order valence-electron chi connectivity index (χ3n) is 3.32. The molecule has 1 aliphatic rings. The Morgan fingerprint density at radius 2 is 2.22 bits per heavy atom. The van der Waals surface area contributed by atoms with E-state index in [-0.39, 0.29) is 6.10 Å². The van der Waals surface area contributed by atoms with Crippen LogP contribution in [0.2, 0.25) is 0 Å². The van der Waals surface area contributed by atoms with Gasteiger partial charge in [-0.3, -0.25) is 4.98 Å². The lowest BCUT2D eigenvalue weighted by molar-refractivity contribution is 0.0264. The molecule has 0 radical (unpaired) electrons. The Morgan fingerprint density at radius 1 is 1.33 bits per heavy atom. The maximum atomic E-state index is 5.76. The highest BCUT2D eigenvalue weighted by Crippen LogP contribution is 2.22. The van der Waals surface area contributed by atoms with Crippen molar-refractivity contribution in [2.24, 2.45) is 0 Å². The third kappa shape index (κ3) is 2.46. The minimum absolute atomic E-state index is 0.228. The van der Waals surface area contributed by atoms with E-state index in [9.17, 15) is 0 Å². The maximum Gasteiger partial charge on any atom is 0.138 e. The molecule has 18 heavy (non-hydrogen) atoms. The van der Waals surface area contributed by atoms with Crippen LogP contribution in [0.15, 0.2) is 36.5 Å². The van der Waals surface area contributed by atoms with Crippen LogP contribution in [-0.4, -0.2) is 23.8 Å². The SMILES string of the molecule is CC1CCC(COc2cnc3ccccc3c2)O1. The van der Waals surface area contributed by atoms with Crippen LogP contribution in [0.25, 0.3) is 10.9 Å². The van der Waals surface area contributed by atoms with E-state index in [2.05, 4.69) is 11.9 Å². The van der Waals surface area contributed by atoms with Crippen molar-refractivity contribution in [2.45, 2.75) is 32.0 Å². The van der Waals surface area contributed by atoms with Crippen molar-refractivity contribution in [1.29, 1.82) is 0 Å². The van der Waals surface area contributed by atoms with Crippen molar-refractivity contribution in [2.75, 3.05) is 6.61 Å². The molecule has 2 unspecified atom stereocenters. The Hall–Kier alpha value is -1.61. The number of benzene rings is 1. The standard InChI is InChI=1S/C15H17NO2/c1-11-6-7-13(18-11)10-17-14-8-12-4-2-3-5-15(12)16-9-14/h2-5,8-9,11,13H,6-7,10H2,1H3. The molecule has 1 fully saturated rings. The predicted molar refractivity (Wildman–Crippen MR) is 70.8 cm³/mol. The molecule has 0 aliphatic carbocycles. The zero-order valence-corrected chi connectivity index (χ0v) is 10.5. The summed E-state index contributed by atoms with van der Waals surface area (Å²) in [7, 11) is 0. The van der Waals surface area contributed by atoms with Crippen molar-refractivity contribution in [3.05, 3.63) is 36.5 Å². The number of para-hydroxylation sites is 1. The highest BCUT2D eigenvalue weighted by atomic mass is 16.5. The Kier molecular flexibility index (Phi) is 3.15. The van der Waals surface area contributed by atoms with Gasteiger partial charge in [-0.2, -0.15) is 0 Å². The summed E-state index contributed by atoms with van der Waals surface area (Å²) in [6.07, 6.45) is 4.59. The summed E-state index contributed by atoms with van der Waals surface area (Å²) >= 11 is 0. The number of pyridine rings is 1. The quantitative estimate of drug-likeness (QED) is 0.829. The number of hydrogen-bond donors (Lipinski definition) is 0. The monoisotopic (exact) mass is 243 g/mol. The summed E-state index contributed by atoms with van der Waals surface area (Å²) in [4.78, 5) is 4.38. The van der Waals surface area contributed by atoms with E-state index in [1.165, 1.54) is 0 Å². The average molecular weight is 243 g/mol. The average Bonchev–Trinajstić information content (AvgIpc) is 2.82. The molecule has 2 aromatic rings. The second kappa shape index (κ2) is 4.94. The lowest BCUT2D eigenvalue weighted by Crippen LogP contribution is -2.17. The molecule has 3 rings (SSSR count). The molecule has 2 atom stereocenters. The highest BCUT2D eigenvalue weighted by Gasteiger charge is 2.22. The van der Waals surface area contributed by atoms with Gasteiger partial charge in [-0.15, -0.1) is 0 Å². The molecule has 1 saturated heterocycles. The summed E-state index contributed by atoms with van der Waals surface area (Å²) in [5, 5.41) is 1.11. The van der Waals surface area contributed by atoms with Gasteiger partial charge in [-0.1, -0.05) is 18.2 Å². The molecule has 0 amide bonds. The largest absolute Gasteiger partial charge is 0.489 e. The topological polar surface area (TPSA) is 31.4 Å². The summed E-state index contributed by atoms with van der Waals surface area (Å²) in [6, 6.07) is 10.1. The molecule has 94 valence electrons. The molecular weight excluding hydrogens is 226 g/mol. The van der Waals surface area contributed by atoms with Crippen LogP contribution >= 0.6 is 0 Å². The molecule has 0 spiro atoms. The zero-order valence-electron chi connectivity index (χ0n) is 10.5. The molecular formula is C15H17NO2. The first kappa shape index (κ1) is 11.5. The molecule has 2 heterocycles. The number of nitrogens with zero attached hydrogens (tertiary/aromatic N) is 1. The summed E-state index contributed by atoms with van der Waals surface area (Å²) in [6.45, 7) is 2.72. The molecule has 1 aromatic heterocycles. The first-order chi connectivity index (χ1) is 8.81. The maximum absolute atomic E-state index is 5.76. The van der Waals surface area contributed by atoms with Crippen LogP contribution in [-0.2, 0) is 4.74 Å². The Labute approximate surface area is 107 Å². The van der Waals surface area contributed by atoms with Gasteiger partial charge in [0.05, 0.1) is 23.9 Å². The van der Waals surface area contributed by atoms with Crippen molar-refractivity contribution < 1.29 is 9.47 Å². The summed E-state index contributed by atoms with van der Waals surface area (Å²) in [5.41, 5.74) is 0.996. The van der Waals surface area contributed by atoms with Crippen LogP contribution in [0.4, 0.5) is 0 Å². The van der Waals surface area contributed by atoms with Crippen molar-refractivity contribution >= 4 is 10.9 Å². The fourth-order valence-electron chi connectivity index (χ4n) is 2.33. The van der Waals surface area contributed by atoms with E-state index < -0.39 is 0 Å². The van der Waals surface area contributed by atoms with Crippen LogP contribution in [0, 0.1) is 0 Å². The van der Waals surface area contributed by atoms with Gasteiger partial charge in [0.15, 0.2) is 0 Å². The molecule has 1 aromatic carbocycles. The van der Waals surface area contributed by atoms with E-state index in [4.69, 9.17) is 9.47 Å². The molecule has 3 nitrogen and oxygen atoms in total. The second-order valence-corrected chi connectivity index (χ2v) is 4.82. The second-order valence-electron chi connectivity index (χ2n) is 4.82. The molecule has 0 bridgehead atoms. The first-order valence-electron chi connectivity index (χ1n) is 6.44. The predicted octanol–water partition coefficient (Wildman–Crippen LogP) is 3.18. The van der Waals surface area contributed by atoms with Gasteiger partial charge in [0.2, 0.25) is 0 Å². The summed E-state index contributed by atoms with van der Waals surface area (Å²) in [5.74, 6) is 0.817. The molecule has 0 saturated carbocycles. The van der Waals surface area contributed by atoms with Crippen LogP contribution in [0.5, 0.6) is 5.75 Å². The highest BCUT2D eigenvalue weighted by molar-refractivity contribution is 5.79. The van der Waals surface area contributed by atoms with Crippen molar-refractivity contribution in [3.63, 3.8) is 0 Å². The lowest BCUT2D eigenvalue weighted by Gasteiger charge is -2.12. The fraction of sp³-hybridized carbons (Fsp3) is 0.400. The molecule has 0 N–H and O–H groups in total. The van der Waals surface area contributed by atoms with Gasteiger partial charge < -0.3 is 9.47 Å². The van der Waals surface area contributed by atoms with E-state index in [0.717, 1.165) is 29.5 Å². The zero-order chi connectivity index (χ0) is 12.4. The van der Waals surface area contributed by atoms with Gasteiger partial charge in [-0.25, -0.2) is 0 Å². The van der Waals surface area contributed by atoms with Crippen LogP contribution < -0.4 is 4.74 Å². The van der Waals surface area contributed by atoms with E-state index in [0.29, 0.717) is 12.7 Å². The number of aromatic nitrogens is 1. The first-order valence-corrected chi connectivity index (χ1v) is 6.44. The Bertz CT molecular complexity index is 541. The Morgan fingerprint density at radius 3 is 3.06 bits per heavy atom. The normalized spacial score (nSPS) is 23.4. The van der Waals surface area contributed by atoms with Gasteiger partial charge >= 0.3 is 0 Å². The third-order valence-corrected chi connectivity index (χ3v) is 3.32. The number of fused-ring (bicyclic) bond motifs is 1. The molecule has 1 aliphatic heterocycles. The van der Waals surface area contributed by atoms with Crippen molar-refractivity contribution in [3.8, 4) is 5.75 Å². The minimum atomic E-state index is 0.228. The van der Waals surface area contributed by atoms with Gasteiger partial charge in [0.1, 0.15) is 12.4 Å². The fourth-order valence-corrected chi connectivity index (χ4v) is 2.33.